The molecule has 0 bridgehead atoms. The van der Waals surface area contributed by atoms with Crippen molar-refractivity contribution >= 4 is 27.4 Å². The number of rotatable bonds is 5. The smallest absolute Gasteiger partial charge is 0.337 e. The summed E-state index contributed by atoms with van der Waals surface area (Å²) in [5.74, 6) is -0.728. The lowest BCUT2D eigenvalue weighted by Gasteiger charge is -2.07. The van der Waals surface area contributed by atoms with Crippen LogP contribution in [0.3, 0.4) is 0 Å². The quantitative estimate of drug-likeness (QED) is 0.726. The van der Waals surface area contributed by atoms with Crippen LogP contribution in [-0.2, 0) is 26.9 Å². The highest BCUT2D eigenvalue weighted by Gasteiger charge is 2.26. The van der Waals surface area contributed by atoms with Gasteiger partial charge in [0.2, 0.25) is 0 Å². The first-order chi connectivity index (χ1) is 12.6. The summed E-state index contributed by atoms with van der Waals surface area (Å²) in [5, 5.41) is 19.0. The fraction of sp³-hybridized carbons (Fsp3) is 0.474. The molecule has 8 heteroatoms. The molecule has 0 saturated heterocycles. The lowest BCUT2D eigenvalue weighted by molar-refractivity contribution is 0.0698. The molecular weight excluding hydrogens is 364 g/mol. The fourth-order valence-corrected chi connectivity index (χ4v) is 4.71. The number of aromatic carboxylic acids is 1. The minimum Gasteiger partial charge on any atom is -0.478 e. The number of hydrogen-bond donors (Lipinski definition) is 1. The van der Waals surface area contributed by atoms with Gasteiger partial charge in [0.25, 0.3) is 5.56 Å². The van der Waals surface area contributed by atoms with Gasteiger partial charge >= 0.3 is 5.97 Å². The van der Waals surface area contributed by atoms with Gasteiger partial charge in [0.15, 0.2) is 0 Å². The van der Waals surface area contributed by atoms with E-state index in [9.17, 15) is 14.7 Å². The number of carbonyl (C=O) groups is 1. The van der Waals surface area contributed by atoms with Crippen molar-refractivity contribution in [2.24, 2.45) is 20.0 Å². The Labute approximate surface area is 161 Å². The zero-order chi connectivity index (χ0) is 20.0. The number of aromatic nitrogens is 4. The van der Waals surface area contributed by atoms with E-state index in [1.165, 1.54) is 16.0 Å². The number of carboxylic acid groups (broad SMARTS) is 1. The van der Waals surface area contributed by atoms with Gasteiger partial charge in [0.1, 0.15) is 0 Å². The van der Waals surface area contributed by atoms with E-state index >= 15 is 0 Å². The van der Waals surface area contributed by atoms with Crippen LogP contribution in [0.4, 0.5) is 0 Å². The third-order valence-corrected chi connectivity index (χ3v) is 6.07. The number of carboxylic acids is 1. The second kappa shape index (κ2) is 6.92. The molecule has 0 aliphatic heterocycles. The van der Waals surface area contributed by atoms with Crippen LogP contribution in [0.2, 0.25) is 0 Å². The van der Waals surface area contributed by atoms with E-state index in [0.717, 1.165) is 22.6 Å². The maximum absolute atomic E-state index is 12.7. The summed E-state index contributed by atoms with van der Waals surface area (Å²) < 4.78 is 3.74. The van der Waals surface area contributed by atoms with Crippen LogP contribution in [0, 0.1) is 19.8 Å². The molecule has 0 amide bonds. The first-order valence-corrected chi connectivity index (χ1v) is 9.67. The molecule has 0 atom stereocenters. The maximum Gasteiger partial charge on any atom is 0.337 e. The Bertz CT molecular complexity index is 1100. The minimum absolute atomic E-state index is 0.102. The molecule has 0 saturated carbocycles. The normalized spacial score (nSPS) is 11.7. The average Bonchev–Trinajstić information content (AvgIpc) is 3.05. The molecule has 0 spiro atoms. The number of hydrogen-bond acceptors (Lipinski definition) is 5. The lowest BCUT2D eigenvalue weighted by atomic mass is 10.0. The zero-order valence-corrected chi connectivity index (χ0v) is 17.3. The van der Waals surface area contributed by atoms with E-state index in [1.54, 1.807) is 11.7 Å². The van der Waals surface area contributed by atoms with Crippen LogP contribution in [0.15, 0.2) is 4.79 Å². The number of thiophene rings is 1. The number of aryl methyl sites for hydroxylation is 3. The SMILES string of the molecule is Cc1nn(C)c(C)c1Cc1sc2c(CC(C)C)nn(C)c(=O)c2c1C(=O)O. The van der Waals surface area contributed by atoms with Crippen LogP contribution >= 0.6 is 11.3 Å². The lowest BCUT2D eigenvalue weighted by Crippen LogP contribution is -2.22. The molecule has 3 aromatic heterocycles. The van der Waals surface area contributed by atoms with Crippen LogP contribution in [0.1, 0.15) is 51.7 Å². The number of fused-ring (bicyclic) bond motifs is 1. The summed E-state index contributed by atoms with van der Waals surface area (Å²) in [4.78, 5) is 25.5. The Morgan fingerprint density at radius 1 is 1.19 bits per heavy atom. The van der Waals surface area contributed by atoms with Crippen LogP contribution in [0.25, 0.3) is 10.1 Å². The molecular formula is C19H24N4O3S. The standard InChI is InChI=1S/C19H24N4O3S/c1-9(2)7-13-17-16(18(24)23(6)21-13)15(19(25)26)14(27-17)8-12-10(3)20-22(5)11(12)4/h9H,7-8H2,1-6H3,(H,25,26). The van der Waals surface area contributed by atoms with Gasteiger partial charge in [-0.15, -0.1) is 11.3 Å². The molecule has 0 radical (unpaired) electrons. The molecule has 0 fully saturated rings. The molecule has 7 nitrogen and oxygen atoms in total. The summed E-state index contributed by atoms with van der Waals surface area (Å²) in [5.41, 5.74) is 3.39. The molecule has 144 valence electrons. The molecule has 3 aromatic rings. The third kappa shape index (κ3) is 3.29. The summed E-state index contributed by atoms with van der Waals surface area (Å²) in [6.45, 7) is 8.04. The summed E-state index contributed by atoms with van der Waals surface area (Å²) in [7, 11) is 3.44. The van der Waals surface area contributed by atoms with Crippen molar-refractivity contribution < 1.29 is 9.90 Å². The monoisotopic (exact) mass is 388 g/mol. The van der Waals surface area contributed by atoms with Gasteiger partial charge < -0.3 is 5.11 Å². The summed E-state index contributed by atoms with van der Waals surface area (Å²) in [6.07, 6.45) is 1.13. The summed E-state index contributed by atoms with van der Waals surface area (Å²) in [6, 6.07) is 0. The zero-order valence-electron chi connectivity index (χ0n) is 16.5. The van der Waals surface area contributed by atoms with Gasteiger partial charge in [0.05, 0.1) is 27.0 Å². The molecule has 1 N–H and O–H groups in total. The van der Waals surface area contributed by atoms with Gasteiger partial charge in [-0.3, -0.25) is 9.48 Å². The van der Waals surface area contributed by atoms with E-state index in [1.807, 2.05) is 20.9 Å². The predicted molar refractivity (Wildman–Crippen MR) is 106 cm³/mol. The molecule has 0 aromatic carbocycles. The first-order valence-electron chi connectivity index (χ1n) is 8.85. The van der Waals surface area contributed by atoms with Crippen molar-refractivity contribution in [3.63, 3.8) is 0 Å². The largest absolute Gasteiger partial charge is 0.478 e. The van der Waals surface area contributed by atoms with Crippen molar-refractivity contribution in [1.82, 2.24) is 19.6 Å². The number of nitrogens with zero attached hydrogens (tertiary/aromatic N) is 4. The van der Waals surface area contributed by atoms with Gasteiger partial charge in [-0.2, -0.15) is 10.2 Å². The highest BCUT2D eigenvalue weighted by Crippen LogP contribution is 2.34. The molecule has 27 heavy (non-hydrogen) atoms. The summed E-state index contributed by atoms with van der Waals surface area (Å²) >= 11 is 1.37. The second-order valence-electron chi connectivity index (χ2n) is 7.33. The van der Waals surface area contributed by atoms with Crippen molar-refractivity contribution in [2.75, 3.05) is 0 Å². The highest BCUT2D eigenvalue weighted by atomic mass is 32.1. The minimum atomic E-state index is -1.07. The molecule has 0 unspecified atom stereocenters. The molecule has 3 rings (SSSR count). The molecule has 3 heterocycles. The van der Waals surface area contributed by atoms with Gasteiger partial charge in [-0.05, 0) is 26.2 Å². The van der Waals surface area contributed by atoms with Crippen LogP contribution < -0.4 is 5.56 Å². The van der Waals surface area contributed by atoms with Crippen LogP contribution in [0.5, 0.6) is 0 Å². The topological polar surface area (TPSA) is 90.0 Å². The highest BCUT2D eigenvalue weighted by molar-refractivity contribution is 7.19. The fourth-order valence-electron chi connectivity index (χ4n) is 3.42. The molecule has 0 aliphatic carbocycles. The first kappa shape index (κ1) is 19.3. The Kier molecular flexibility index (Phi) is 4.94. The average molecular weight is 388 g/mol. The van der Waals surface area contributed by atoms with E-state index in [2.05, 4.69) is 24.0 Å². The van der Waals surface area contributed by atoms with Crippen molar-refractivity contribution in [1.29, 1.82) is 0 Å². The van der Waals surface area contributed by atoms with E-state index in [4.69, 9.17) is 0 Å². The second-order valence-corrected chi connectivity index (χ2v) is 8.44. The van der Waals surface area contributed by atoms with E-state index in [0.29, 0.717) is 28.3 Å². The Morgan fingerprint density at radius 2 is 1.85 bits per heavy atom. The maximum atomic E-state index is 12.7. The van der Waals surface area contributed by atoms with Crippen molar-refractivity contribution in [3.05, 3.63) is 43.4 Å². The van der Waals surface area contributed by atoms with E-state index < -0.39 is 5.97 Å². The van der Waals surface area contributed by atoms with Crippen molar-refractivity contribution in [3.8, 4) is 0 Å². The Hall–Kier alpha value is -2.48. The van der Waals surface area contributed by atoms with E-state index in [-0.39, 0.29) is 16.5 Å². The predicted octanol–water partition coefficient (Wildman–Crippen LogP) is 2.83. The van der Waals surface area contributed by atoms with Gasteiger partial charge in [-0.1, -0.05) is 13.8 Å². The third-order valence-electron chi connectivity index (χ3n) is 4.83. The van der Waals surface area contributed by atoms with Gasteiger partial charge in [0, 0.05) is 36.7 Å². The molecule has 0 aliphatic rings. The van der Waals surface area contributed by atoms with Crippen molar-refractivity contribution in [2.45, 2.75) is 40.5 Å². The van der Waals surface area contributed by atoms with Crippen LogP contribution in [-0.4, -0.2) is 30.6 Å². The Balaban J connectivity index is 2.30. The Morgan fingerprint density at radius 3 is 2.37 bits per heavy atom. The van der Waals surface area contributed by atoms with Gasteiger partial charge in [-0.25, -0.2) is 9.48 Å².